The van der Waals surface area contributed by atoms with Crippen LogP contribution in [0.5, 0.6) is 0 Å². The molecule has 1 aromatic heterocycles. The number of aromatic amines is 1. The Balaban J connectivity index is 3.10. The number of rotatable bonds is 1. The number of nitrogens with one attached hydrogen (secondary N) is 1. The summed E-state index contributed by atoms with van der Waals surface area (Å²) in [5, 5.41) is 8.32. The number of halogens is 2. The van der Waals surface area contributed by atoms with Crippen LogP contribution in [0.2, 0.25) is 10.3 Å². The van der Waals surface area contributed by atoms with E-state index in [-0.39, 0.29) is 16.1 Å². The zero-order valence-corrected chi connectivity index (χ0v) is 6.07. The largest absolute Gasteiger partial charge is 0.475 e. The van der Waals surface area contributed by atoms with Crippen molar-refractivity contribution in [2.45, 2.75) is 0 Å². The average Bonchev–Trinajstić information content (AvgIpc) is 2.13. The summed E-state index contributed by atoms with van der Waals surface area (Å²) >= 11 is 10.7. The molecule has 0 aliphatic carbocycles. The van der Waals surface area contributed by atoms with E-state index in [0.717, 1.165) is 0 Å². The molecule has 0 saturated carbocycles. The predicted molar refractivity (Wildman–Crippen MR) is 35.6 cm³/mol. The quantitative estimate of drug-likeness (QED) is 0.688. The van der Waals surface area contributed by atoms with Gasteiger partial charge in [0.15, 0.2) is 5.15 Å². The van der Waals surface area contributed by atoms with E-state index in [0.29, 0.717) is 0 Å². The molecule has 1 rings (SSSR count). The van der Waals surface area contributed by atoms with Crippen LogP contribution in [-0.4, -0.2) is 21.0 Å². The number of H-pyrrole nitrogens is 1. The summed E-state index contributed by atoms with van der Waals surface area (Å²) in [6.07, 6.45) is 0. The summed E-state index contributed by atoms with van der Waals surface area (Å²) in [4.78, 5) is 15.8. The van der Waals surface area contributed by atoms with Gasteiger partial charge in [0, 0.05) is 0 Å². The number of hydrogen-bond donors (Lipinski definition) is 2. The fourth-order valence-electron chi connectivity index (χ4n) is 0.432. The molecule has 0 aromatic carbocycles. The molecular weight excluding hydrogens is 179 g/mol. The molecule has 2 N–H and O–H groups in total. The molecule has 0 fully saturated rings. The standard InChI is InChI=1S/C4H2Cl2N2O2/c5-1-2(6)8-3(7-1)4(9)10/h(H,7,8)(H,9,10). The Hall–Kier alpha value is -0.740. The minimum absolute atomic E-state index is 0.0286. The number of hydrogen-bond acceptors (Lipinski definition) is 2. The van der Waals surface area contributed by atoms with Crippen molar-refractivity contribution < 1.29 is 9.90 Å². The Morgan fingerprint density at radius 1 is 1.60 bits per heavy atom. The minimum Gasteiger partial charge on any atom is -0.475 e. The molecular formula is C4H2Cl2N2O2. The van der Waals surface area contributed by atoms with Crippen molar-refractivity contribution >= 4 is 29.2 Å². The first-order chi connectivity index (χ1) is 4.61. The Kier molecular flexibility index (Phi) is 1.82. The smallest absolute Gasteiger partial charge is 0.371 e. The van der Waals surface area contributed by atoms with Gasteiger partial charge in [-0.3, -0.25) is 0 Å². The second kappa shape index (κ2) is 2.48. The summed E-state index contributed by atoms with van der Waals surface area (Å²) in [5.74, 6) is -1.44. The van der Waals surface area contributed by atoms with Gasteiger partial charge in [-0.2, -0.15) is 0 Å². The summed E-state index contributed by atoms with van der Waals surface area (Å²) < 4.78 is 0. The van der Waals surface area contributed by atoms with Gasteiger partial charge in [-0.25, -0.2) is 9.78 Å². The molecule has 0 unspecified atom stereocenters. The van der Waals surface area contributed by atoms with E-state index in [1.165, 1.54) is 0 Å². The summed E-state index contributed by atoms with van der Waals surface area (Å²) in [6, 6.07) is 0. The lowest BCUT2D eigenvalue weighted by Crippen LogP contribution is -1.97. The van der Waals surface area contributed by atoms with Crippen LogP contribution < -0.4 is 0 Å². The van der Waals surface area contributed by atoms with E-state index in [1.54, 1.807) is 0 Å². The predicted octanol–water partition coefficient (Wildman–Crippen LogP) is 1.41. The van der Waals surface area contributed by atoms with E-state index >= 15 is 0 Å². The third-order valence-electron chi connectivity index (χ3n) is 0.822. The molecule has 6 heteroatoms. The van der Waals surface area contributed by atoms with Crippen LogP contribution >= 0.6 is 23.2 Å². The molecule has 1 aromatic rings. The van der Waals surface area contributed by atoms with Crippen LogP contribution in [0.3, 0.4) is 0 Å². The first kappa shape index (κ1) is 7.37. The van der Waals surface area contributed by atoms with E-state index in [9.17, 15) is 4.79 Å². The van der Waals surface area contributed by atoms with Crippen molar-refractivity contribution in [1.29, 1.82) is 0 Å². The Labute approximate surface area is 65.8 Å². The van der Waals surface area contributed by atoms with Gasteiger partial charge in [0.1, 0.15) is 5.15 Å². The van der Waals surface area contributed by atoms with Gasteiger partial charge in [0.05, 0.1) is 0 Å². The van der Waals surface area contributed by atoms with Crippen molar-refractivity contribution in [2.24, 2.45) is 0 Å². The lowest BCUT2D eigenvalue weighted by molar-refractivity contribution is 0.0685. The first-order valence-electron chi connectivity index (χ1n) is 2.25. The van der Waals surface area contributed by atoms with E-state index in [4.69, 9.17) is 28.3 Å². The summed E-state index contributed by atoms with van der Waals surface area (Å²) in [7, 11) is 0. The van der Waals surface area contributed by atoms with Gasteiger partial charge in [-0.05, 0) is 0 Å². The highest BCUT2D eigenvalue weighted by Gasteiger charge is 2.10. The zero-order valence-electron chi connectivity index (χ0n) is 4.56. The van der Waals surface area contributed by atoms with Crippen LogP contribution in [0.1, 0.15) is 10.6 Å². The number of aromatic carboxylic acids is 1. The lowest BCUT2D eigenvalue weighted by Gasteiger charge is -1.80. The van der Waals surface area contributed by atoms with Crippen LogP contribution in [0, 0.1) is 0 Å². The van der Waals surface area contributed by atoms with Gasteiger partial charge in [0.25, 0.3) is 0 Å². The van der Waals surface area contributed by atoms with Gasteiger partial charge < -0.3 is 10.1 Å². The maximum absolute atomic E-state index is 10.2. The van der Waals surface area contributed by atoms with Crippen molar-refractivity contribution in [2.75, 3.05) is 0 Å². The van der Waals surface area contributed by atoms with Crippen LogP contribution in [-0.2, 0) is 0 Å². The highest BCUT2D eigenvalue weighted by molar-refractivity contribution is 6.40. The summed E-state index contributed by atoms with van der Waals surface area (Å²) in [5.41, 5.74) is 0. The van der Waals surface area contributed by atoms with Crippen molar-refractivity contribution in [3.05, 3.63) is 16.1 Å². The number of carbonyl (C=O) groups is 1. The number of carboxylic acid groups (broad SMARTS) is 1. The fraction of sp³-hybridized carbons (Fsp3) is 0. The average molecular weight is 181 g/mol. The van der Waals surface area contributed by atoms with Gasteiger partial charge >= 0.3 is 5.97 Å². The van der Waals surface area contributed by atoms with E-state index in [2.05, 4.69) is 9.97 Å². The first-order valence-corrected chi connectivity index (χ1v) is 3.01. The van der Waals surface area contributed by atoms with Crippen LogP contribution in [0.25, 0.3) is 0 Å². The molecule has 4 nitrogen and oxygen atoms in total. The Morgan fingerprint density at radius 2 is 2.20 bits per heavy atom. The molecule has 0 aliphatic rings. The maximum atomic E-state index is 10.2. The molecule has 0 saturated heterocycles. The number of nitrogens with zero attached hydrogens (tertiary/aromatic N) is 1. The number of aromatic nitrogens is 2. The summed E-state index contributed by atoms with van der Waals surface area (Å²) in [6.45, 7) is 0. The van der Waals surface area contributed by atoms with Crippen molar-refractivity contribution in [3.8, 4) is 0 Å². The molecule has 0 aliphatic heterocycles. The molecule has 0 amide bonds. The number of carboxylic acids is 1. The normalized spacial score (nSPS) is 9.80. The van der Waals surface area contributed by atoms with Gasteiger partial charge in [0.2, 0.25) is 5.82 Å². The molecule has 10 heavy (non-hydrogen) atoms. The third kappa shape index (κ3) is 1.22. The molecule has 0 bridgehead atoms. The fourth-order valence-corrected chi connectivity index (χ4v) is 0.696. The van der Waals surface area contributed by atoms with E-state index < -0.39 is 5.97 Å². The second-order valence-electron chi connectivity index (χ2n) is 1.50. The van der Waals surface area contributed by atoms with Crippen LogP contribution in [0.15, 0.2) is 0 Å². The molecule has 0 radical (unpaired) electrons. The third-order valence-corrected chi connectivity index (χ3v) is 1.47. The SMILES string of the molecule is O=C(O)c1nc(Cl)c(Cl)[nH]1. The topological polar surface area (TPSA) is 66.0 Å². The monoisotopic (exact) mass is 180 g/mol. The lowest BCUT2D eigenvalue weighted by atomic mass is 10.6. The van der Waals surface area contributed by atoms with Gasteiger partial charge in [-0.1, -0.05) is 23.2 Å². The zero-order chi connectivity index (χ0) is 7.72. The molecule has 1 heterocycles. The van der Waals surface area contributed by atoms with Gasteiger partial charge in [-0.15, -0.1) is 0 Å². The number of imidazole rings is 1. The van der Waals surface area contributed by atoms with Crippen LogP contribution in [0.4, 0.5) is 0 Å². The molecule has 0 spiro atoms. The van der Waals surface area contributed by atoms with E-state index in [1.807, 2.05) is 0 Å². The highest BCUT2D eigenvalue weighted by atomic mass is 35.5. The van der Waals surface area contributed by atoms with Crippen molar-refractivity contribution in [1.82, 2.24) is 9.97 Å². The second-order valence-corrected chi connectivity index (χ2v) is 2.23. The highest BCUT2D eigenvalue weighted by Crippen LogP contribution is 2.17. The maximum Gasteiger partial charge on any atom is 0.371 e. The molecule has 54 valence electrons. The Morgan fingerprint density at radius 3 is 2.40 bits per heavy atom. The van der Waals surface area contributed by atoms with Crippen molar-refractivity contribution in [3.63, 3.8) is 0 Å². The molecule has 0 atom stereocenters. The Bertz CT molecular complexity index is 251. The minimum atomic E-state index is -1.19.